The Hall–Kier alpha value is -4.66. The van der Waals surface area contributed by atoms with E-state index in [-0.39, 0.29) is 12.8 Å². The van der Waals surface area contributed by atoms with Crippen LogP contribution >= 0.6 is 0 Å². The molecular formula is C34H36N2O6. The molecule has 4 aromatic rings. The number of carbonyl (C=O) groups excluding carboxylic acids is 2. The molecule has 0 aliphatic carbocycles. The summed E-state index contributed by atoms with van der Waals surface area (Å²) in [4.78, 5) is 25.2. The molecule has 4 aromatic carbocycles. The van der Waals surface area contributed by atoms with E-state index in [1.54, 1.807) is 0 Å². The standard InChI is InChI=1S/C34H36N2O6/c1-23-13-17-27(18-14-23)39-29(25-9-5-3-6-10-25)21-31(35)41-33(37)34(38)42-32(36)22-30(26-11-7-4-8-12-26)40-28-19-15-24(2)16-20-28/h3-20,29-32H,21-22,35-36H2,1-2H3. The first-order chi connectivity index (χ1) is 20.3. The van der Waals surface area contributed by atoms with E-state index in [1.165, 1.54) is 0 Å². The van der Waals surface area contributed by atoms with Crippen LogP contribution in [0.4, 0.5) is 0 Å². The zero-order valence-electron chi connectivity index (χ0n) is 23.7. The molecule has 42 heavy (non-hydrogen) atoms. The van der Waals surface area contributed by atoms with E-state index in [9.17, 15) is 9.59 Å². The maximum atomic E-state index is 12.6. The number of benzene rings is 4. The van der Waals surface area contributed by atoms with Gasteiger partial charge in [-0.1, -0.05) is 96.1 Å². The molecule has 218 valence electrons. The number of hydrogen-bond donors (Lipinski definition) is 2. The van der Waals surface area contributed by atoms with Gasteiger partial charge in [-0.15, -0.1) is 0 Å². The SMILES string of the molecule is Cc1ccc(OC(CC(N)OC(=O)C(=O)OC(N)CC(Oc2ccc(C)cc2)c2ccccc2)c2ccccc2)cc1. The molecule has 0 heterocycles. The van der Waals surface area contributed by atoms with E-state index < -0.39 is 36.6 Å². The fourth-order valence-electron chi connectivity index (χ4n) is 4.29. The summed E-state index contributed by atoms with van der Waals surface area (Å²) in [6, 6.07) is 34.0. The zero-order valence-corrected chi connectivity index (χ0v) is 23.7. The monoisotopic (exact) mass is 568 g/mol. The van der Waals surface area contributed by atoms with Crippen molar-refractivity contribution in [2.24, 2.45) is 11.5 Å². The molecule has 8 nitrogen and oxygen atoms in total. The highest BCUT2D eigenvalue weighted by Crippen LogP contribution is 2.28. The second kappa shape index (κ2) is 14.8. The largest absolute Gasteiger partial charge is 0.486 e. The van der Waals surface area contributed by atoms with Crippen LogP contribution in [-0.4, -0.2) is 24.4 Å². The highest BCUT2D eigenvalue weighted by Gasteiger charge is 2.28. The predicted molar refractivity (Wildman–Crippen MR) is 159 cm³/mol. The van der Waals surface area contributed by atoms with E-state index in [2.05, 4.69) is 0 Å². The molecule has 8 heteroatoms. The fourth-order valence-corrected chi connectivity index (χ4v) is 4.29. The molecule has 0 aromatic heterocycles. The molecule has 4 rings (SSSR count). The lowest BCUT2D eigenvalue weighted by molar-refractivity contribution is -0.175. The Morgan fingerprint density at radius 1 is 0.548 bits per heavy atom. The van der Waals surface area contributed by atoms with Gasteiger partial charge in [0.05, 0.1) is 0 Å². The number of rotatable bonds is 12. The minimum atomic E-state index is -1.24. The second-order valence-electron chi connectivity index (χ2n) is 10.0. The quantitative estimate of drug-likeness (QED) is 0.127. The summed E-state index contributed by atoms with van der Waals surface area (Å²) < 4.78 is 22.7. The Kier molecular flexibility index (Phi) is 10.7. The second-order valence-corrected chi connectivity index (χ2v) is 10.0. The summed E-state index contributed by atoms with van der Waals surface area (Å²) in [5.74, 6) is -1.20. The van der Waals surface area contributed by atoms with Crippen LogP contribution in [0, 0.1) is 13.8 Å². The van der Waals surface area contributed by atoms with E-state index in [1.807, 2.05) is 123 Å². The Morgan fingerprint density at radius 2 is 0.881 bits per heavy atom. The van der Waals surface area contributed by atoms with Gasteiger partial charge in [0.2, 0.25) is 0 Å². The van der Waals surface area contributed by atoms with Gasteiger partial charge in [0.1, 0.15) is 23.7 Å². The van der Waals surface area contributed by atoms with Crippen molar-refractivity contribution >= 4 is 11.9 Å². The summed E-state index contributed by atoms with van der Waals surface area (Å²) in [6.45, 7) is 3.97. The number of esters is 2. The van der Waals surface area contributed by atoms with Crippen LogP contribution in [0.1, 0.15) is 47.3 Å². The maximum absolute atomic E-state index is 12.6. The molecule has 4 atom stereocenters. The molecule has 0 saturated heterocycles. The van der Waals surface area contributed by atoms with Crippen molar-refractivity contribution in [2.45, 2.75) is 51.4 Å². The third-order valence-electron chi connectivity index (χ3n) is 6.52. The zero-order chi connectivity index (χ0) is 29.9. The summed E-state index contributed by atoms with van der Waals surface area (Å²) >= 11 is 0. The lowest BCUT2D eigenvalue weighted by Crippen LogP contribution is -2.37. The Bertz CT molecular complexity index is 1300. The summed E-state index contributed by atoms with van der Waals surface area (Å²) in [7, 11) is 0. The molecule has 0 aliphatic rings. The molecule has 0 saturated carbocycles. The van der Waals surface area contributed by atoms with Crippen LogP contribution in [0.5, 0.6) is 11.5 Å². The van der Waals surface area contributed by atoms with Crippen LogP contribution in [0.3, 0.4) is 0 Å². The van der Waals surface area contributed by atoms with Crippen molar-refractivity contribution in [3.05, 3.63) is 131 Å². The van der Waals surface area contributed by atoms with Crippen molar-refractivity contribution in [1.29, 1.82) is 0 Å². The average Bonchev–Trinajstić information content (AvgIpc) is 2.99. The van der Waals surface area contributed by atoms with Crippen molar-refractivity contribution in [3.8, 4) is 11.5 Å². The summed E-state index contributed by atoms with van der Waals surface area (Å²) in [5.41, 5.74) is 16.1. The van der Waals surface area contributed by atoms with Gasteiger partial charge in [0.15, 0.2) is 12.5 Å². The Labute approximate surface area is 246 Å². The maximum Gasteiger partial charge on any atom is 0.419 e. The Morgan fingerprint density at radius 3 is 1.21 bits per heavy atom. The molecule has 0 fully saturated rings. The first-order valence-electron chi connectivity index (χ1n) is 13.8. The van der Waals surface area contributed by atoms with E-state index in [4.69, 9.17) is 30.4 Å². The van der Waals surface area contributed by atoms with Gasteiger partial charge < -0.3 is 18.9 Å². The summed E-state index contributed by atoms with van der Waals surface area (Å²) in [5, 5.41) is 0. The van der Waals surface area contributed by atoms with Crippen LogP contribution < -0.4 is 20.9 Å². The van der Waals surface area contributed by atoms with Gasteiger partial charge in [-0.25, -0.2) is 9.59 Å². The van der Waals surface area contributed by atoms with Crippen LogP contribution in [-0.2, 0) is 19.1 Å². The van der Waals surface area contributed by atoms with Crippen LogP contribution in [0.2, 0.25) is 0 Å². The van der Waals surface area contributed by atoms with Crippen LogP contribution in [0.15, 0.2) is 109 Å². The molecule has 0 radical (unpaired) electrons. The van der Waals surface area contributed by atoms with E-state index in [0.717, 1.165) is 22.3 Å². The van der Waals surface area contributed by atoms with Crippen molar-refractivity contribution in [1.82, 2.24) is 0 Å². The first-order valence-corrected chi connectivity index (χ1v) is 13.8. The van der Waals surface area contributed by atoms with Crippen molar-refractivity contribution in [3.63, 3.8) is 0 Å². The first kappa shape index (κ1) is 30.3. The molecule has 0 amide bonds. The minimum absolute atomic E-state index is 0.101. The lowest BCUT2D eigenvalue weighted by atomic mass is 10.1. The molecule has 0 spiro atoms. The molecule has 0 bridgehead atoms. The average molecular weight is 569 g/mol. The number of nitrogens with two attached hydrogens (primary N) is 2. The minimum Gasteiger partial charge on any atom is -0.486 e. The number of carbonyl (C=O) groups is 2. The number of aryl methyl sites for hydroxylation is 2. The Balaban J connectivity index is 1.35. The third-order valence-corrected chi connectivity index (χ3v) is 6.52. The number of ether oxygens (including phenoxy) is 4. The topological polar surface area (TPSA) is 123 Å². The third kappa shape index (κ3) is 9.19. The van der Waals surface area contributed by atoms with Crippen LogP contribution in [0.25, 0.3) is 0 Å². The highest BCUT2D eigenvalue weighted by atomic mass is 16.6. The van der Waals surface area contributed by atoms with Gasteiger partial charge in [0.25, 0.3) is 0 Å². The smallest absolute Gasteiger partial charge is 0.419 e. The lowest BCUT2D eigenvalue weighted by Gasteiger charge is -2.24. The van der Waals surface area contributed by atoms with Gasteiger partial charge in [-0.3, -0.25) is 11.5 Å². The van der Waals surface area contributed by atoms with Gasteiger partial charge in [-0.2, -0.15) is 0 Å². The molecular weight excluding hydrogens is 532 g/mol. The normalized spacial score (nSPS) is 13.7. The van der Waals surface area contributed by atoms with E-state index >= 15 is 0 Å². The molecule has 4 N–H and O–H groups in total. The molecule has 0 aliphatic heterocycles. The van der Waals surface area contributed by atoms with Gasteiger partial charge in [0, 0.05) is 12.8 Å². The van der Waals surface area contributed by atoms with Crippen molar-refractivity contribution in [2.75, 3.05) is 0 Å². The van der Waals surface area contributed by atoms with Crippen molar-refractivity contribution < 1.29 is 28.5 Å². The van der Waals surface area contributed by atoms with E-state index in [0.29, 0.717) is 11.5 Å². The predicted octanol–water partition coefficient (Wildman–Crippen LogP) is 5.68. The summed E-state index contributed by atoms with van der Waals surface area (Å²) in [6.07, 6.45) is -3.13. The number of hydrogen-bond acceptors (Lipinski definition) is 8. The molecule has 4 unspecified atom stereocenters. The van der Waals surface area contributed by atoms with Gasteiger partial charge in [-0.05, 0) is 49.2 Å². The van der Waals surface area contributed by atoms with Gasteiger partial charge >= 0.3 is 11.9 Å². The highest BCUT2D eigenvalue weighted by molar-refractivity contribution is 6.29. The fraction of sp³-hybridized carbons (Fsp3) is 0.235.